The zero-order chi connectivity index (χ0) is 37.5. The maximum absolute atomic E-state index is 9.76. The van der Waals surface area contributed by atoms with Crippen LogP contribution in [-0.4, -0.2) is 14.5 Å². The van der Waals surface area contributed by atoms with Crippen LogP contribution in [0.25, 0.3) is 88.5 Å². The van der Waals surface area contributed by atoms with Gasteiger partial charge in [-0.25, -0.2) is 14.8 Å². The summed E-state index contributed by atoms with van der Waals surface area (Å²) in [5, 5.41) is 12.1. The third-order valence-corrected chi connectivity index (χ3v) is 10.2. The molecule has 0 spiro atoms. The lowest BCUT2D eigenvalue weighted by Gasteiger charge is -2.21. The largest absolute Gasteiger partial charge is 0.308 e. The molecule has 2 aromatic heterocycles. The van der Waals surface area contributed by atoms with Gasteiger partial charge in [-0.05, 0) is 79.6 Å². The predicted octanol–water partition coefficient (Wildman–Crippen LogP) is 12.9. The highest BCUT2D eigenvalue weighted by Gasteiger charge is 2.23. The topological polar surface area (TPSA) is 58.9 Å². The van der Waals surface area contributed by atoms with Gasteiger partial charge in [0.25, 0.3) is 0 Å². The molecule has 2 heterocycles. The van der Waals surface area contributed by atoms with Gasteiger partial charge in [0.2, 0.25) is 0 Å². The van der Waals surface area contributed by atoms with Gasteiger partial charge in [0.15, 0.2) is 11.5 Å². The van der Waals surface area contributed by atoms with Crippen LogP contribution in [0.1, 0.15) is 16.7 Å². The maximum atomic E-state index is 9.76. The van der Waals surface area contributed by atoms with Crippen LogP contribution in [0.4, 0.5) is 5.69 Å². The molecule has 0 unspecified atom stereocenters. The van der Waals surface area contributed by atoms with Crippen molar-refractivity contribution in [3.05, 3.63) is 192 Å². The Bertz CT molecular complexity index is 2790. The van der Waals surface area contributed by atoms with E-state index in [1.165, 1.54) is 21.9 Å². The van der Waals surface area contributed by atoms with E-state index >= 15 is 0 Å². The van der Waals surface area contributed by atoms with E-state index in [0.717, 1.165) is 67.1 Å². The normalized spacial score (nSPS) is 11.1. The Labute approximate surface area is 319 Å². The zero-order valence-electron chi connectivity index (χ0n) is 30.3. The number of benzene rings is 7. The fraction of sp³-hybridized carbons (Fsp3) is 0.0400. The minimum atomic E-state index is 0.576. The van der Waals surface area contributed by atoms with Gasteiger partial charge < -0.3 is 4.57 Å². The van der Waals surface area contributed by atoms with E-state index in [2.05, 4.69) is 96.1 Å². The molecule has 0 aliphatic carbocycles. The Morgan fingerprint density at radius 1 is 0.527 bits per heavy atom. The molecule has 0 bridgehead atoms. The number of rotatable bonds is 6. The standard InChI is InChI=1S/C50H33N5/c1-32-14-24-47-43(26-32)44-27-33(2)15-25-48(44)55(47)49-41(35-18-16-34(31-51)17-19-35)28-39(29-42(49)36-20-22-40(52-3)23-21-36)46-30-45(37-10-6-4-7-11-37)53-50(54-46)38-12-8-5-9-13-38/h4-30H,1-2H3. The molecule has 0 amide bonds. The van der Waals surface area contributed by atoms with Crippen molar-refractivity contribution in [2.24, 2.45) is 0 Å². The summed E-state index contributed by atoms with van der Waals surface area (Å²) < 4.78 is 2.38. The Morgan fingerprint density at radius 2 is 1.04 bits per heavy atom. The van der Waals surface area contributed by atoms with Crippen LogP contribution in [0.3, 0.4) is 0 Å². The fourth-order valence-corrected chi connectivity index (χ4v) is 7.46. The smallest absolute Gasteiger partial charge is 0.187 e. The van der Waals surface area contributed by atoms with E-state index in [9.17, 15) is 5.26 Å². The Hall–Kier alpha value is -7.60. The molecule has 0 atom stereocenters. The van der Waals surface area contributed by atoms with E-state index in [-0.39, 0.29) is 0 Å². The number of hydrogen-bond donors (Lipinski definition) is 0. The third kappa shape index (κ3) is 6.11. The molecule has 9 aromatic rings. The molecule has 7 aromatic carbocycles. The van der Waals surface area contributed by atoms with E-state index in [0.29, 0.717) is 17.1 Å². The van der Waals surface area contributed by atoms with Crippen LogP contribution in [0.2, 0.25) is 0 Å². The van der Waals surface area contributed by atoms with Gasteiger partial charge in [0.1, 0.15) is 0 Å². The summed E-state index contributed by atoms with van der Waals surface area (Å²) in [6.45, 7) is 11.9. The van der Waals surface area contributed by atoms with E-state index in [1.807, 2.05) is 97.1 Å². The number of fused-ring (bicyclic) bond motifs is 3. The molecule has 5 heteroatoms. The lowest BCUT2D eigenvalue weighted by atomic mass is 9.91. The van der Waals surface area contributed by atoms with Crippen molar-refractivity contribution < 1.29 is 0 Å². The second-order valence-electron chi connectivity index (χ2n) is 13.8. The summed E-state index contributed by atoms with van der Waals surface area (Å²) in [6, 6.07) is 58.0. The van der Waals surface area contributed by atoms with Gasteiger partial charge in [-0.15, -0.1) is 0 Å². The minimum absolute atomic E-state index is 0.576. The van der Waals surface area contributed by atoms with Crippen molar-refractivity contribution in [3.8, 4) is 67.9 Å². The van der Waals surface area contributed by atoms with Crippen LogP contribution in [0, 0.1) is 31.8 Å². The van der Waals surface area contributed by atoms with Crippen molar-refractivity contribution in [3.63, 3.8) is 0 Å². The number of nitrogens with zero attached hydrogens (tertiary/aromatic N) is 5. The van der Waals surface area contributed by atoms with E-state index < -0.39 is 0 Å². The van der Waals surface area contributed by atoms with Crippen LogP contribution in [0.15, 0.2) is 164 Å². The molecular formula is C50H33N5. The first-order chi connectivity index (χ1) is 27.0. The van der Waals surface area contributed by atoms with Crippen LogP contribution in [-0.2, 0) is 0 Å². The van der Waals surface area contributed by atoms with Crippen molar-refractivity contribution in [1.82, 2.24) is 14.5 Å². The molecule has 0 aliphatic heterocycles. The average Bonchev–Trinajstić information content (AvgIpc) is 3.55. The number of nitriles is 1. The summed E-state index contributed by atoms with van der Waals surface area (Å²) in [6.07, 6.45) is 0. The molecule has 0 saturated carbocycles. The van der Waals surface area contributed by atoms with Crippen molar-refractivity contribution in [2.75, 3.05) is 0 Å². The summed E-state index contributed by atoms with van der Waals surface area (Å²) >= 11 is 0. The van der Waals surface area contributed by atoms with Crippen LogP contribution in [0.5, 0.6) is 0 Å². The van der Waals surface area contributed by atoms with Gasteiger partial charge >= 0.3 is 0 Å². The first-order valence-electron chi connectivity index (χ1n) is 18.2. The average molecular weight is 704 g/mol. The van der Waals surface area contributed by atoms with Crippen molar-refractivity contribution in [2.45, 2.75) is 13.8 Å². The molecule has 0 saturated heterocycles. The van der Waals surface area contributed by atoms with Crippen LogP contribution >= 0.6 is 0 Å². The maximum Gasteiger partial charge on any atom is 0.187 e. The molecule has 0 aliphatic rings. The second-order valence-corrected chi connectivity index (χ2v) is 13.8. The Kier molecular flexibility index (Phi) is 8.31. The quantitative estimate of drug-likeness (QED) is 0.162. The fourth-order valence-electron chi connectivity index (χ4n) is 7.46. The second kappa shape index (κ2) is 13.7. The lowest BCUT2D eigenvalue weighted by molar-refractivity contribution is 1.17. The van der Waals surface area contributed by atoms with Crippen LogP contribution < -0.4 is 0 Å². The summed E-state index contributed by atoms with van der Waals surface area (Å²) in [5.74, 6) is 0.636. The summed E-state index contributed by atoms with van der Waals surface area (Å²) in [7, 11) is 0. The highest BCUT2D eigenvalue weighted by molar-refractivity contribution is 6.11. The van der Waals surface area contributed by atoms with Gasteiger partial charge in [-0.2, -0.15) is 5.26 Å². The molecule has 5 nitrogen and oxygen atoms in total. The molecule has 0 fully saturated rings. The first kappa shape index (κ1) is 33.3. The Balaban J connectivity index is 1.42. The third-order valence-electron chi connectivity index (χ3n) is 10.2. The first-order valence-corrected chi connectivity index (χ1v) is 18.2. The summed E-state index contributed by atoms with van der Waals surface area (Å²) in [5.41, 5.74) is 15.1. The van der Waals surface area contributed by atoms with Gasteiger partial charge in [0, 0.05) is 38.6 Å². The van der Waals surface area contributed by atoms with E-state index in [4.69, 9.17) is 16.5 Å². The number of aromatic nitrogens is 3. The Morgan fingerprint density at radius 3 is 1.56 bits per heavy atom. The van der Waals surface area contributed by atoms with Gasteiger partial charge in [0.05, 0.1) is 46.3 Å². The molecule has 55 heavy (non-hydrogen) atoms. The van der Waals surface area contributed by atoms with Crippen molar-refractivity contribution >= 4 is 27.5 Å². The summed E-state index contributed by atoms with van der Waals surface area (Å²) in [4.78, 5) is 14.0. The van der Waals surface area contributed by atoms with E-state index in [1.54, 1.807) is 0 Å². The number of hydrogen-bond acceptors (Lipinski definition) is 3. The highest BCUT2D eigenvalue weighted by Crippen LogP contribution is 2.44. The molecular weight excluding hydrogens is 671 g/mol. The molecule has 258 valence electrons. The van der Waals surface area contributed by atoms with Crippen molar-refractivity contribution in [1.29, 1.82) is 5.26 Å². The number of aryl methyl sites for hydroxylation is 2. The molecule has 0 N–H and O–H groups in total. The van der Waals surface area contributed by atoms with Gasteiger partial charge in [-0.1, -0.05) is 120 Å². The lowest BCUT2D eigenvalue weighted by Crippen LogP contribution is -2.03. The monoisotopic (exact) mass is 703 g/mol. The highest BCUT2D eigenvalue weighted by atomic mass is 15.0. The minimum Gasteiger partial charge on any atom is -0.308 e. The van der Waals surface area contributed by atoms with Gasteiger partial charge in [-0.3, -0.25) is 0 Å². The predicted molar refractivity (Wildman–Crippen MR) is 224 cm³/mol. The SMILES string of the molecule is [C-]#[N+]c1ccc(-c2cc(-c3cc(-c4ccccc4)nc(-c4ccccc4)n3)cc(-c3ccc(C#N)cc3)c2-n2c3ccc(C)cc3c3cc(C)ccc32)cc1. The zero-order valence-corrected chi connectivity index (χ0v) is 30.3. The molecule has 9 rings (SSSR count). The molecule has 0 radical (unpaired) electrons.